The summed E-state index contributed by atoms with van der Waals surface area (Å²) in [6, 6.07) is 34.2. The Kier molecular flexibility index (Phi) is 6.48. The molecule has 0 spiro atoms. The van der Waals surface area contributed by atoms with Crippen LogP contribution in [0.2, 0.25) is 0 Å². The summed E-state index contributed by atoms with van der Waals surface area (Å²) < 4.78 is 0. The standard InChI is InChI=1S/2C9H7NO.C9H7N/c2*11-9-6-5-7-3-1-2-4-8(7)10-9;1-2-6-9-8(4-1)5-3-7-10-9/h2*1-6H,(H,10,11);1-7H. The molecule has 0 bridgehead atoms. The van der Waals surface area contributed by atoms with Crippen LogP contribution >= 0.6 is 0 Å². The van der Waals surface area contributed by atoms with Crippen LogP contribution in [0.3, 0.4) is 0 Å². The normalized spacial score (nSPS) is 10.1. The predicted molar refractivity (Wildman–Crippen MR) is 131 cm³/mol. The number of hydrogen-bond acceptors (Lipinski definition) is 3. The molecule has 6 aromatic rings. The molecular formula is C27H21N3O2. The summed E-state index contributed by atoms with van der Waals surface area (Å²) in [7, 11) is 0. The van der Waals surface area contributed by atoms with E-state index in [4.69, 9.17) is 0 Å². The van der Waals surface area contributed by atoms with E-state index in [1.54, 1.807) is 0 Å². The van der Waals surface area contributed by atoms with Gasteiger partial charge in [-0.2, -0.15) is 0 Å². The maximum atomic E-state index is 10.8. The molecule has 3 heterocycles. The molecule has 3 aromatic heterocycles. The van der Waals surface area contributed by atoms with Gasteiger partial charge in [-0.25, -0.2) is 0 Å². The number of benzene rings is 3. The molecule has 0 radical (unpaired) electrons. The van der Waals surface area contributed by atoms with Crippen LogP contribution in [0.4, 0.5) is 0 Å². The van der Waals surface area contributed by atoms with Crippen molar-refractivity contribution in [2.45, 2.75) is 0 Å². The monoisotopic (exact) mass is 419 g/mol. The average Bonchev–Trinajstić information content (AvgIpc) is 2.85. The summed E-state index contributed by atoms with van der Waals surface area (Å²) in [5, 5.41) is 3.32. The highest BCUT2D eigenvalue weighted by Gasteiger charge is 1.90. The summed E-state index contributed by atoms with van der Waals surface area (Å²) in [5.74, 6) is 0. The summed E-state index contributed by atoms with van der Waals surface area (Å²) in [6.07, 6.45) is 1.81. The molecule has 0 saturated heterocycles. The third-order valence-electron chi connectivity index (χ3n) is 4.78. The lowest BCUT2D eigenvalue weighted by Gasteiger charge is -1.93. The van der Waals surface area contributed by atoms with Crippen molar-refractivity contribution < 1.29 is 0 Å². The van der Waals surface area contributed by atoms with E-state index < -0.39 is 0 Å². The maximum absolute atomic E-state index is 10.8. The Morgan fingerprint density at radius 3 is 1.50 bits per heavy atom. The minimum absolute atomic E-state index is 0.0521. The molecule has 0 atom stereocenters. The first-order chi connectivity index (χ1) is 15.7. The topological polar surface area (TPSA) is 78.6 Å². The van der Waals surface area contributed by atoms with E-state index in [2.05, 4.69) is 27.1 Å². The number of H-pyrrole nitrogens is 2. The molecule has 3 aromatic carbocycles. The second-order valence-electron chi connectivity index (χ2n) is 7.02. The van der Waals surface area contributed by atoms with Crippen LogP contribution in [-0.2, 0) is 0 Å². The van der Waals surface area contributed by atoms with E-state index >= 15 is 0 Å². The maximum Gasteiger partial charge on any atom is 0.248 e. The number of aromatic amines is 2. The molecule has 32 heavy (non-hydrogen) atoms. The Hall–Kier alpha value is -4.51. The minimum Gasteiger partial charge on any atom is -0.322 e. The predicted octanol–water partition coefficient (Wildman–Crippen LogP) is 5.29. The fourth-order valence-electron chi connectivity index (χ4n) is 3.21. The summed E-state index contributed by atoms with van der Waals surface area (Å²) in [4.78, 5) is 31.3. The van der Waals surface area contributed by atoms with Gasteiger partial charge < -0.3 is 9.97 Å². The fourth-order valence-corrected chi connectivity index (χ4v) is 3.21. The highest BCUT2D eigenvalue weighted by Crippen LogP contribution is 2.08. The molecule has 2 N–H and O–H groups in total. The van der Waals surface area contributed by atoms with Crippen LogP contribution in [0.15, 0.2) is 125 Å². The van der Waals surface area contributed by atoms with Gasteiger partial charge in [0.1, 0.15) is 0 Å². The summed E-state index contributed by atoms with van der Waals surface area (Å²) in [6.45, 7) is 0. The molecule has 0 aliphatic heterocycles. The van der Waals surface area contributed by atoms with E-state index in [-0.39, 0.29) is 11.1 Å². The van der Waals surface area contributed by atoms with Crippen LogP contribution in [0.5, 0.6) is 0 Å². The first kappa shape index (κ1) is 20.8. The van der Waals surface area contributed by atoms with E-state index in [0.717, 1.165) is 27.3 Å². The van der Waals surface area contributed by atoms with Crippen molar-refractivity contribution in [1.29, 1.82) is 0 Å². The molecule has 156 valence electrons. The first-order valence-electron chi connectivity index (χ1n) is 10.1. The van der Waals surface area contributed by atoms with Crippen LogP contribution < -0.4 is 11.1 Å². The number of para-hydroxylation sites is 3. The zero-order valence-electron chi connectivity index (χ0n) is 17.2. The van der Waals surface area contributed by atoms with Gasteiger partial charge in [-0.1, -0.05) is 60.7 Å². The van der Waals surface area contributed by atoms with Gasteiger partial charge in [0, 0.05) is 34.7 Å². The fraction of sp³-hybridized carbons (Fsp3) is 0. The minimum atomic E-state index is -0.0521. The molecule has 5 nitrogen and oxygen atoms in total. The number of pyridine rings is 3. The molecular weight excluding hydrogens is 398 g/mol. The molecule has 0 aliphatic carbocycles. The second kappa shape index (κ2) is 10.00. The van der Waals surface area contributed by atoms with Crippen LogP contribution in [0.25, 0.3) is 32.7 Å². The first-order valence-corrected chi connectivity index (χ1v) is 10.1. The van der Waals surface area contributed by atoms with E-state index in [1.165, 1.54) is 17.5 Å². The molecule has 5 heteroatoms. The Balaban J connectivity index is 0.000000115. The summed E-state index contributed by atoms with van der Waals surface area (Å²) >= 11 is 0. The third-order valence-corrected chi connectivity index (χ3v) is 4.78. The van der Waals surface area contributed by atoms with Crippen LogP contribution in [0.1, 0.15) is 0 Å². The van der Waals surface area contributed by atoms with Crippen molar-refractivity contribution in [2.24, 2.45) is 0 Å². The van der Waals surface area contributed by atoms with Crippen molar-refractivity contribution in [3.63, 3.8) is 0 Å². The molecule has 6 rings (SSSR count). The molecule has 0 unspecified atom stereocenters. The smallest absolute Gasteiger partial charge is 0.248 e. The van der Waals surface area contributed by atoms with Crippen LogP contribution in [-0.4, -0.2) is 15.0 Å². The van der Waals surface area contributed by atoms with Gasteiger partial charge in [-0.15, -0.1) is 0 Å². The Labute approximate surface area is 184 Å². The Bertz CT molecular complexity index is 1430. The molecule has 0 saturated carbocycles. The Morgan fingerprint density at radius 1 is 0.469 bits per heavy atom. The van der Waals surface area contributed by atoms with Gasteiger partial charge in [0.15, 0.2) is 0 Å². The average molecular weight is 419 g/mol. The van der Waals surface area contributed by atoms with Crippen molar-refractivity contribution in [1.82, 2.24) is 15.0 Å². The van der Waals surface area contributed by atoms with Crippen molar-refractivity contribution >= 4 is 32.7 Å². The number of aromatic nitrogens is 3. The van der Waals surface area contributed by atoms with E-state index in [9.17, 15) is 9.59 Å². The van der Waals surface area contributed by atoms with Gasteiger partial charge in [-0.05, 0) is 47.2 Å². The highest BCUT2D eigenvalue weighted by atomic mass is 16.1. The van der Waals surface area contributed by atoms with E-state index in [1.807, 2.05) is 91.1 Å². The van der Waals surface area contributed by atoms with Crippen LogP contribution in [0, 0.1) is 0 Å². The number of nitrogens with one attached hydrogen (secondary N) is 2. The number of fused-ring (bicyclic) bond motifs is 3. The van der Waals surface area contributed by atoms with Gasteiger partial charge in [0.2, 0.25) is 11.1 Å². The SMILES string of the molecule is O=c1ccc2ccccc2[nH]1.O=c1ccc2ccccc2[nH]1.c1ccc2ncccc2c1. The lowest BCUT2D eigenvalue weighted by molar-refractivity contribution is 1.31. The summed E-state index contributed by atoms with van der Waals surface area (Å²) in [5.41, 5.74) is 2.73. The largest absolute Gasteiger partial charge is 0.322 e. The lowest BCUT2D eigenvalue weighted by atomic mass is 10.2. The Morgan fingerprint density at radius 2 is 0.938 bits per heavy atom. The zero-order chi connectivity index (χ0) is 22.2. The number of nitrogens with zero attached hydrogens (tertiary/aromatic N) is 1. The molecule has 0 aliphatic rings. The lowest BCUT2D eigenvalue weighted by Crippen LogP contribution is -2.01. The number of rotatable bonds is 0. The van der Waals surface area contributed by atoms with Crippen molar-refractivity contribution in [2.75, 3.05) is 0 Å². The van der Waals surface area contributed by atoms with Crippen molar-refractivity contribution in [3.05, 3.63) is 136 Å². The third kappa shape index (κ3) is 5.34. The highest BCUT2D eigenvalue weighted by molar-refractivity contribution is 5.79. The molecule has 0 amide bonds. The zero-order valence-corrected chi connectivity index (χ0v) is 17.2. The van der Waals surface area contributed by atoms with Gasteiger partial charge in [0.05, 0.1) is 5.52 Å². The van der Waals surface area contributed by atoms with E-state index in [0.29, 0.717) is 0 Å². The van der Waals surface area contributed by atoms with Gasteiger partial charge in [0.25, 0.3) is 0 Å². The quantitative estimate of drug-likeness (QED) is 0.351. The number of hydrogen-bond donors (Lipinski definition) is 2. The van der Waals surface area contributed by atoms with Gasteiger partial charge >= 0.3 is 0 Å². The second-order valence-corrected chi connectivity index (χ2v) is 7.02. The van der Waals surface area contributed by atoms with Gasteiger partial charge in [-0.3, -0.25) is 14.6 Å². The van der Waals surface area contributed by atoms with Crippen molar-refractivity contribution in [3.8, 4) is 0 Å². The molecule has 0 fully saturated rings.